The van der Waals surface area contributed by atoms with Crippen molar-refractivity contribution < 1.29 is 31.5 Å². The van der Waals surface area contributed by atoms with Gasteiger partial charge < -0.3 is 10.1 Å². The van der Waals surface area contributed by atoms with E-state index in [0.717, 1.165) is 6.07 Å². The Balaban J connectivity index is 1.66. The molecule has 0 aliphatic carbocycles. The normalized spacial score (nSPS) is 13.5. The van der Waals surface area contributed by atoms with Crippen LogP contribution < -0.4 is 10.1 Å². The third-order valence-corrected chi connectivity index (χ3v) is 5.52. The lowest BCUT2D eigenvalue weighted by Crippen LogP contribution is -2.45. The Morgan fingerprint density at radius 1 is 1.06 bits per heavy atom. The van der Waals surface area contributed by atoms with Crippen molar-refractivity contribution in [3.8, 4) is 11.4 Å². The van der Waals surface area contributed by atoms with Gasteiger partial charge in [0.1, 0.15) is 23.5 Å². The summed E-state index contributed by atoms with van der Waals surface area (Å²) < 4.78 is 73.3. The van der Waals surface area contributed by atoms with Gasteiger partial charge in [-0.05, 0) is 67.1 Å². The van der Waals surface area contributed by atoms with Gasteiger partial charge in [-0.2, -0.15) is 18.3 Å². The third-order valence-electron chi connectivity index (χ3n) is 5.22. The number of hydrogen-bond acceptors (Lipinski definition) is 3. The zero-order valence-electron chi connectivity index (χ0n) is 18.0. The second-order valence-electron chi connectivity index (χ2n) is 7.73. The molecule has 1 aromatic heterocycles. The second kappa shape index (κ2) is 9.53. The Morgan fingerprint density at radius 3 is 2.43 bits per heavy atom. The van der Waals surface area contributed by atoms with Crippen LogP contribution in [0.15, 0.2) is 66.9 Å². The molecule has 1 heterocycles. The Labute approximate surface area is 201 Å². The molecule has 11 heteroatoms. The van der Waals surface area contributed by atoms with E-state index in [0.29, 0.717) is 16.6 Å². The number of hydrogen-bond donors (Lipinski definition) is 1. The van der Waals surface area contributed by atoms with Crippen molar-refractivity contribution in [3.63, 3.8) is 0 Å². The fourth-order valence-corrected chi connectivity index (χ4v) is 3.65. The van der Waals surface area contributed by atoms with E-state index in [-0.39, 0.29) is 16.3 Å². The highest BCUT2D eigenvalue weighted by Gasteiger charge is 2.40. The number of nitrogens with zero attached hydrogens (tertiary/aromatic N) is 2. The van der Waals surface area contributed by atoms with Crippen LogP contribution in [0.4, 0.5) is 22.0 Å². The van der Waals surface area contributed by atoms with Gasteiger partial charge in [0.25, 0.3) is 0 Å². The largest absolute Gasteiger partial charge is 0.484 e. The Morgan fingerprint density at radius 2 is 1.77 bits per heavy atom. The van der Waals surface area contributed by atoms with E-state index in [1.807, 2.05) is 5.32 Å². The van der Waals surface area contributed by atoms with E-state index in [4.69, 9.17) is 16.3 Å². The second-order valence-corrected chi connectivity index (χ2v) is 8.13. The summed E-state index contributed by atoms with van der Waals surface area (Å²) in [5.41, 5.74) is 1.45. The van der Waals surface area contributed by atoms with Gasteiger partial charge in [-0.25, -0.2) is 13.5 Å². The minimum absolute atomic E-state index is 0.170. The first kappa shape index (κ1) is 24.5. The molecular weight excluding hydrogens is 493 g/mol. The quantitative estimate of drug-likeness (QED) is 0.317. The molecule has 182 valence electrons. The van der Waals surface area contributed by atoms with Crippen LogP contribution in [0.5, 0.6) is 5.75 Å². The average molecular weight is 510 g/mol. The molecule has 0 spiro atoms. The monoisotopic (exact) mass is 509 g/mol. The van der Waals surface area contributed by atoms with Gasteiger partial charge in [0.05, 0.1) is 28.5 Å². The van der Waals surface area contributed by atoms with Gasteiger partial charge in [0, 0.05) is 5.39 Å². The lowest BCUT2D eigenvalue weighted by molar-refractivity contribution is -0.174. The molecule has 1 N–H and O–H groups in total. The fourth-order valence-electron chi connectivity index (χ4n) is 3.53. The third kappa shape index (κ3) is 5.37. The summed E-state index contributed by atoms with van der Waals surface area (Å²) in [6.07, 6.45) is -4.74. The summed E-state index contributed by atoms with van der Waals surface area (Å²) in [4.78, 5) is 11.5. The van der Waals surface area contributed by atoms with Crippen LogP contribution >= 0.6 is 11.6 Å². The first-order valence-electron chi connectivity index (χ1n) is 10.3. The van der Waals surface area contributed by atoms with Crippen LogP contribution in [0.1, 0.15) is 18.6 Å². The van der Waals surface area contributed by atoms with E-state index in [2.05, 4.69) is 5.10 Å². The van der Waals surface area contributed by atoms with Crippen LogP contribution in [-0.4, -0.2) is 27.9 Å². The number of rotatable bonds is 6. The van der Waals surface area contributed by atoms with Crippen LogP contribution in [0.3, 0.4) is 0 Å². The Hall–Kier alpha value is -3.66. The van der Waals surface area contributed by atoms with Crippen molar-refractivity contribution in [2.24, 2.45) is 0 Å². The molecule has 0 saturated heterocycles. The zero-order chi connectivity index (χ0) is 25.3. The van der Waals surface area contributed by atoms with Gasteiger partial charge in [0.2, 0.25) is 0 Å². The first-order valence-corrected chi connectivity index (χ1v) is 10.6. The molecule has 4 rings (SSSR count). The van der Waals surface area contributed by atoms with Crippen LogP contribution in [0.2, 0.25) is 5.02 Å². The van der Waals surface area contributed by atoms with Crippen molar-refractivity contribution in [3.05, 3.63) is 89.1 Å². The standard InChI is InChI=1S/C24H17ClF5N3O2/c1-13(32-23(34)24(28,29)30)22(14-2-8-19(25)20(27)11-14)35-18-7-9-21-15(10-18)12-31-33(21)17-5-3-16(26)4-6-17/h2-13,22H,1H3,(H,32,34)/t13-,22-/m0/s1. The van der Waals surface area contributed by atoms with Gasteiger partial charge >= 0.3 is 12.1 Å². The summed E-state index contributed by atoms with van der Waals surface area (Å²) in [6, 6.07) is 13.0. The molecule has 3 aromatic carbocycles. The van der Waals surface area contributed by atoms with E-state index in [9.17, 15) is 26.7 Å². The van der Waals surface area contributed by atoms with E-state index < -0.39 is 35.9 Å². The van der Waals surface area contributed by atoms with Gasteiger partial charge in [-0.15, -0.1) is 0 Å². The minimum atomic E-state index is -5.10. The maximum absolute atomic E-state index is 14.1. The summed E-state index contributed by atoms with van der Waals surface area (Å²) in [5.74, 6) is -3.09. The highest BCUT2D eigenvalue weighted by atomic mass is 35.5. The van der Waals surface area contributed by atoms with Gasteiger partial charge in [0.15, 0.2) is 0 Å². The molecule has 2 atom stereocenters. The number of alkyl halides is 3. The summed E-state index contributed by atoms with van der Waals surface area (Å²) in [5, 5.41) is 6.59. The van der Waals surface area contributed by atoms with E-state index in [1.165, 1.54) is 37.4 Å². The molecule has 0 aliphatic heterocycles. The molecule has 0 bridgehead atoms. The van der Waals surface area contributed by atoms with Crippen molar-refractivity contribution in [2.45, 2.75) is 25.2 Å². The van der Waals surface area contributed by atoms with E-state index in [1.54, 1.807) is 35.0 Å². The van der Waals surface area contributed by atoms with Crippen LogP contribution in [0.25, 0.3) is 16.6 Å². The summed E-state index contributed by atoms with van der Waals surface area (Å²) in [7, 11) is 0. The van der Waals surface area contributed by atoms with Crippen molar-refractivity contribution >= 4 is 28.4 Å². The number of carbonyl (C=O) groups is 1. The Kier molecular flexibility index (Phi) is 6.66. The molecule has 1 amide bonds. The predicted molar refractivity (Wildman–Crippen MR) is 119 cm³/mol. The van der Waals surface area contributed by atoms with Crippen molar-refractivity contribution in [2.75, 3.05) is 0 Å². The lowest BCUT2D eigenvalue weighted by Gasteiger charge is -2.27. The molecule has 5 nitrogen and oxygen atoms in total. The number of nitrogens with one attached hydrogen (secondary N) is 1. The Bertz CT molecular complexity index is 1370. The van der Waals surface area contributed by atoms with Gasteiger partial charge in [-0.1, -0.05) is 17.7 Å². The topological polar surface area (TPSA) is 56.1 Å². The SMILES string of the molecule is C[C@H](NC(=O)C(F)(F)F)[C@H](Oc1ccc2c(cnn2-c2ccc(F)cc2)c1)c1ccc(Cl)c(F)c1. The number of fused-ring (bicyclic) bond motifs is 1. The van der Waals surface area contributed by atoms with Crippen LogP contribution in [-0.2, 0) is 4.79 Å². The van der Waals surface area contributed by atoms with E-state index >= 15 is 0 Å². The molecule has 4 aromatic rings. The van der Waals surface area contributed by atoms with Gasteiger partial charge in [-0.3, -0.25) is 4.79 Å². The molecule has 35 heavy (non-hydrogen) atoms. The zero-order valence-corrected chi connectivity index (χ0v) is 18.7. The maximum atomic E-state index is 14.1. The molecule has 0 radical (unpaired) electrons. The number of amides is 1. The highest BCUT2D eigenvalue weighted by Crippen LogP contribution is 2.31. The maximum Gasteiger partial charge on any atom is 0.471 e. The van der Waals surface area contributed by atoms with Crippen molar-refractivity contribution in [1.29, 1.82) is 0 Å². The molecule has 0 saturated carbocycles. The highest BCUT2D eigenvalue weighted by molar-refractivity contribution is 6.30. The smallest absolute Gasteiger partial charge is 0.471 e. The minimum Gasteiger partial charge on any atom is -0.484 e. The summed E-state index contributed by atoms with van der Waals surface area (Å²) in [6.45, 7) is 1.31. The molecular formula is C24H17ClF5N3O2. The summed E-state index contributed by atoms with van der Waals surface area (Å²) >= 11 is 5.73. The average Bonchev–Trinajstić information content (AvgIpc) is 3.22. The molecule has 0 unspecified atom stereocenters. The fraction of sp³-hybridized carbons (Fsp3) is 0.167. The molecule has 0 aliphatic rings. The predicted octanol–water partition coefficient (Wildman–Crippen LogP) is 6.14. The lowest BCUT2D eigenvalue weighted by atomic mass is 10.0. The van der Waals surface area contributed by atoms with Crippen LogP contribution in [0, 0.1) is 11.6 Å². The van der Waals surface area contributed by atoms with Crippen molar-refractivity contribution in [1.82, 2.24) is 15.1 Å². The number of carbonyl (C=O) groups excluding carboxylic acids is 1. The number of aromatic nitrogens is 2. The number of halogens is 6. The first-order chi connectivity index (χ1) is 16.5. The number of ether oxygens (including phenoxy) is 1. The number of benzene rings is 3. The molecule has 0 fully saturated rings.